The number of pyridine rings is 1. The highest BCUT2D eigenvalue weighted by atomic mass is 16.5. The molecular weight excluding hydrogens is 358 g/mol. The van der Waals surface area contributed by atoms with Gasteiger partial charge in [-0.2, -0.15) is 5.10 Å². The molecule has 8 heteroatoms. The summed E-state index contributed by atoms with van der Waals surface area (Å²) >= 11 is 0. The molecule has 4 rings (SSSR count). The lowest BCUT2D eigenvalue weighted by Gasteiger charge is -2.36. The van der Waals surface area contributed by atoms with Crippen LogP contribution >= 0.6 is 0 Å². The highest BCUT2D eigenvalue weighted by Gasteiger charge is 2.26. The molecule has 0 aliphatic carbocycles. The molecular formula is C20H21N5O3. The van der Waals surface area contributed by atoms with E-state index in [4.69, 9.17) is 4.74 Å². The summed E-state index contributed by atoms with van der Waals surface area (Å²) in [7, 11) is 3.17. The van der Waals surface area contributed by atoms with E-state index >= 15 is 0 Å². The summed E-state index contributed by atoms with van der Waals surface area (Å²) in [5.41, 5.74) is 1.02. The zero-order valence-electron chi connectivity index (χ0n) is 15.8. The number of rotatable bonds is 3. The van der Waals surface area contributed by atoms with Crippen molar-refractivity contribution >= 4 is 22.4 Å². The van der Waals surface area contributed by atoms with Crippen LogP contribution in [0.2, 0.25) is 0 Å². The first-order chi connectivity index (χ1) is 13.6. The number of carbonyl (C=O) groups excluding carboxylic acids is 1. The summed E-state index contributed by atoms with van der Waals surface area (Å²) in [6, 6.07) is 10.9. The highest BCUT2D eigenvalue weighted by Crippen LogP contribution is 2.26. The van der Waals surface area contributed by atoms with Crippen molar-refractivity contribution in [3.05, 3.63) is 58.6 Å². The normalized spacial score (nSPS) is 14.4. The topological polar surface area (TPSA) is 80.6 Å². The number of anilines is 1. The summed E-state index contributed by atoms with van der Waals surface area (Å²) in [6.07, 6.45) is 1.69. The Morgan fingerprint density at radius 2 is 1.75 bits per heavy atom. The van der Waals surface area contributed by atoms with Crippen molar-refractivity contribution in [1.29, 1.82) is 0 Å². The lowest BCUT2D eigenvalue weighted by molar-refractivity contribution is 0.0740. The van der Waals surface area contributed by atoms with Crippen LogP contribution in [0.15, 0.2) is 47.4 Å². The van der Waals surface area contributed by atoms with Crippen molar-refractivity contribution < 1.29 is 9.53 Å². The molecule has 2 aromatic heterocycles. The van der Waals surface area contributed by atoms with Crippen LogP contribution in [0.25, 0.3) is 10.8 Å². The molecule has 0 bridgehead atoms. The molecule has 1 fully saturated rings. The zero-order valence-corrected chi connectivity index (χ0v) is 15.8. The maximum Gasteiger partial charge on any atom is 0.275 e. The Labute approximate surface area is 162 Å². The van der Waals surface area contributed by atoms with Gasteiger partial charge in [-0.3, -0.25) is 9.59 Å². The Morgan fingerprint density at radius 3 is 2.46 bits per heavy atom. The summed E-state index contributed by atoms with van der Waals surface area (Å²) in [4.78, 5) is 33.6. The van der Waals surface area contributed by atoms with E-state index in [-0.39, 0.29) is 11.5 Å². The molecule has 0 unspecified atom stereocenters. The van der Waals surface area contributed by atoms with Crippen LogP contribution in [0.1, 0.15) is 10.5 Å². The standard InChI is InChI=1S/C20H21N5O3/c1-23-19(26)15-7-4-3-6-14(15)17(22-23)20(27)25-12-10-24(11-13-25)16-8-5-9-21-18(16)28-2/h3-9H,10-13H2,1-2H3. The molecule has 0 radical (unpaired) electrons. The predicted molar refractivity (Wildman–Crippen MR) is 106 cm³/mol. The van der Waals surface area contributed by atoms with E-state index in [1.165, 1.54) is 4.68 Å². The minimum Gasteiger partial charge on any atom is -0.480 e. The molecule has 0 N–H and O–H groups in total. The molecule has 1 aliphatic heterocycles. The number of methoxy groups -OCH3 is 1. The van der Waals surface area contributed by atoms with Gasteiger partial charge in [0, 0.05) is 44.8 Å². The molecule has 144 valence electrons. The smallest absolute Gasteiger partial charge is 0.275 e. The Kier molecular flexibility index (Phi) is 4.68. The van der Waals surface area contributed by atoms with Crippen molar-refractivity contribution in [2.75, 3.05) is 38.2 Å². The van der Waals surface area contributed by atoms with Gasteiger partial charge in [0.05, 0.1) is 18.2 Å². The van der Waals surface area contributed by atoms with Crippen LogP contribution in [0.4, 0.5) is 5.69 Å². The fraction of sp³-hybridized carbons (Fsp3) is 0.300. The van der Waals surface area contributed by atoms with Crippen LogP contribution in [0, 0.1) is 0 Å². The van der Waals surface area contributed by atoms with Crippen molar-refractivity contribution in [2.24, 2.45) is 7.05 Å². The Hall–Kier alpha value is -3.42. The van der Waals surface area contributed by atoms with Gasteiger partial charge in [-0.1, -0.05) is 18.2 Å². The minimum atomic E-state index is -0.208. The Balaban J connectivity index is 1.58. The first-order valence-electron chi connectivity index (χ1n) is 9.09. The quantitative estimate of drug-likeness (QED) is 0.682. The molecule has 0 saturated carbocycles. The van der Waals surface area contributed by atoms with E-state index in [9.17, 15) is 9.59 Å². The number of ether oxygens (including phenoxy) is 1. The Morgan fingerprint density at radius 1 is 1.04 bits per heavy atom. The lowest BCUT2D eigenvalue weighted by atomic mass is 10.1. The van der Waals surface area contributed by atoms with E-state index < -0.39 is 0 Å². The van der Waals surface area contributed by atoms with Gasteiger partial charge < -0.3 is 14.5 Å². The van der Waals surface area contributed by atoms with E-state index in [0.717, 1.165) is 5.69 Å². The van der Waals surface area contributed by atoms with Crippen molar-refractivity contribution in [1.82, 2.24) is 19.7 Å². The predicted octanol–water partition coefficient (Wildman–Crippen LogP) is 1.30. The van der Waals surface area contributed by atoms with Gasteiger partial charge in [-0.15, -0.1) is 0 Å². The van der Waals surface area contributed by atoms with Gasteiger partial charge in [-0.05, 0) is 18.2 Å². The number of hydrogen-bond acceptors (Lipinski definition) is 6. The molecule has 8 nitrogen and oxygen atoms in total. The molecule has 1 amide bonds. The summed E-state index contributed by atoms with van der Waals surface area (Å²) in [5.74, 6) is 0.414. The van der Waals surface area contributed by atoms with Crippen molar-refractivity contribution in [3.8, 4) is 5.88 Å². The fourth-order valence-corrected chi connectivity index (χ4v) is 3.54. The minimum absolute atomic E-state index is 0.162. The average molecular weight is 379 g/mol. The van der Waals surface area contributed by atoms with Crippen LogP contribution in [-0.4, -0.2) is 58.9 Å². The van der Waals surface area contributed by atoms with Crippen LogP contribution in [0.3, 0.4) is 0 Å². The second-order valence-corrected chi connectivity index (χ2v) is 6.63. The number of aryl methyl sites for hydroxylation is 1. The number of hydrogen-bond donors (Lipinski definition) is 0. The van der Waals surface area contributed by atoms with Gasteiger partial charge in [0.25, 0.3) is 11.5 Å². The molecule has 3 heterocycles. The van der Waals surface area contributed by atoms with Crippen LogP contribution < -0.4 is 15.2 Å². The molecule has 1 aromatic carbocycles. The monoisotopic (exact) mass is 379 g/mol. The third-order valence-electron chi connectivity index (χ3n) is 5.01. The molecule has 1 aliphatic rings. The van der Waals surface area contributed by atoms with Gasteiger partial charge >= 0.3 is 0 Å². The van der Waals surface area contributed by atoms with E-state index in [1.54, 1.807) is 43.5 Å². The largest absolute Gasteiger partial charge is 0.480 e. The molecule has 0 atom stereocenters. The molecule has 0 spiro atoms. The SMILES string of the molecule is COc1ncccc1N1CCN(C(=O)c2nn(C)c(=O)c3ccccc23)CC1. The lowest BCUT2D eigenvalue weighted by Crippen LogP contribution is -2.49. The van der Waals surface area contributed by atoms with Crippen LogP contribution in [0.5, 0.6) is 5.88 Å². The van der Waals surface area contributed by atoms with Gasteiger partial charge in [0.1, 0.15) is 0 Å². The average Bonchev–Trinajstić information content (AvgIpc) is 2.76. The molecule has 1 saturated heterocycles. The number of aromatic nitrogens is 3. The number of benzene rings is 1. The first-order valence-corrected chi connectivity index (χ1v) is 9.09. The van der Waals surface area contributed by atoms with Gasteiger partial charge in [-0.25, -0.2) is 9.67 Å². The maximum atomic E-state index is 13.1. The van der Waals surface area contributed by atoms with Gasteiger partial charge in [0.2, 0.25) is 5.88 Å². The number of amides is 1. The van der Waals surface area contributed by atoms with Crippen molar-refractivity contribution in [3.63, 3.8) is 0 Å². The summed E-state index contributed by atoms with van der Waals surface area (Å²) < 4.78 is 6.57. The molecule has 3 aromatic rings. The third-order valence-corrected chi connectivity index (χ3v) is 5.01. The van der Waals surface area contributed by atoms with E-state index in [2.05, 4.69) is 15.0 Å². The number of piperazine rings is 1. The number of fused-ring (bicyclic) bond motifs is 1. The van der Waals surface area contributed by atoms with E-state index in [0.29, 0.717) is 48.5 Å². The van der Waals surface area contributed by atoms with E-state index in [1.807, 2.05) is 18.2 Å². The molecule has 28 heavy (non-hydrogen) atoms. The second-order valence-electron chi connectivity index (χ2n) is 6.63. The number of nitrogens with zero attached hydrogens (tertiary/aromatic N) is 5. The Bertz CT molecular complexity index is 1090. The zero-order chi connectivity index (χ0) is 19.7. The maximum absolute atomic E-state index is 13.1. The van der Waals surface area contributed by atoms with Gasteiger partial charge in [0.15, 0.2) is 5.69 Å². The first kappa shape index (κ1) is 18.0. The number of carbonyl (C=O) groups is 1. The van der Waals surface area contributed by atoms with Crippen molar-refractivity contribution in [2.45, 2.75) is 0 Å². The highest BCUT2D eigenvalue weighted by molar-refractivity contribution is 6.04. The summed E-state index contributed by atoms with van der Waals surface area (Å²) in [6.45, 7) is 2.43. The fourth-order valence-electron chi connectivity index (χ4n) is 3.54. The third kappa shape index (κ3) is 3.06. The second kappa shape index (κ2) is 7.30. The summed E-state index contributed by atoms with van der Waals surface area (Å²) in [5, 5.41) is 5.34. The van der Waals surface area contributed by atoms with Crippen LogP contribution in [-0.2, 0) is 7.05 Å².